The summed E-state index contributed by atoms with van der Waals surface area (Å²) in [6.07, 6.45) is 0.717. The van der Waals surface area contributed by atoms with E-state index >= 15 is 0 Å². The fraction of sp³-hybridized carbons (Fsp3) is 0.611. The predicted molar refractivity (Wildman–Crippen MR) is 86.4 cm³/mol. The predicted octanol–water partition coefficient (Wildman–Crippen LogP) is 2.26. The molecule has 1 aromatic rings. The first-order valence-electron chi connectivity index (χ1n) is 8.53. The van der Waals surface area contributed by atoms with E-state index in [2.05, 4.69) is 0 Å². The third-order valence-corrected chi connectivity index (χ3v) is 5.36. The van der Waals surface area contributed by atoms with Gasteiger partial charge in [0.1, 0.15) is 0 Å². The van der Waals surface area contributed by atoms with E-state index in [0.717, 1.165) is 0 Å². The Kier molecular flexibility index (Phi) is 4.62. The Morgan fingerprint density at radius 1 is 1.21 bits per heavy atom. The van der Waals surface area contributed by atoms with Crippen molar-refractivity contribution in [2.24, 2.45) is 11.7 Å². The lowest BCUT2D eigenvalue weighted by molar-refractivity contribution is -0.161. The number of benzene rings is 1. The summed E-state index contributed by atoms with van der Waals surface area (Å²) in [5.74, 6) is -4.07. The normalized spacial score (nSPS) is 27.0. The first kappa shape index (κ1) is 17.3. The lowest BCUT2D eigenvalue weighted by Gasteiger charge is -2.40. The fourth-order valence-corrected chi connectivity index (χ4v) is 3.88. The van der Waals surface area contributed by atoms with E-state index in [1.54, 1.807) is 35.2 Å². The molecule has 2 fully saturated rings. The van der Waals surface area contributed by atoms with Crippen molar-refractivity contribution >= 4 is 5.91 Å². The zero-order valence-electron chi connectivity index (χ0n) is 13.6. The number of halogens is 2. The minimum Gasteiger partial charge on any atom is -0.375 e. The van der Waals surface area contributed by atoms with Gasteiger partial charge < -0.3 is 15.7 Å². The van der Waals surface area contributed by atoms with Crippen molar-refractivity contribution in [1.82, 2.24) is 4.90 Å². The minimum atomic E-state index is -2.82. The highest BCUT2D eigenvalue weighted by Crippen LogP contribution is 2.48. The Morgan fingerprint density at radius 2 is 1.83 bits per heavy atom. The molecule has 3 rings (SSSR count). The Morgan fingerprint density at radius 3 is 2.38 bits per heavy atom. The standard InChI is InChI=1S/C18H24F2N2O2/c19-17(20)9-6-14(12-17)18(24,13-4-2-1-3-5-13)16(23)22-10-7-15(21)8-11-22/h1-5,14-15,24H,6-12,21H2/t14-,18?/m1/s1. The van der Waals surface area contributed by atoms with Gasteiger partial charge in [0.05, 0.1) is 0 Å². The molecule has 1 aliphatic heterocycles. The third kappa shape index (κ3) is 3.17. The first-order valence-corrected chi connectivity index (χ1v) is 8.53. The van der Waals surface area contributed by atoms with Crippen molar-refractivity contribution in [2.75, 3.05) is 13.1 Å². The summed E-state index contributed by atoms with van der Waals surface area (Å²) in [6.45, 7) is 0.913. The summed E-state index contributed by atoms with van der Waals surface area (Å²) in [5, 5.41) is 11.3. The maximum absolute atomic E-state index is 13.7. The number of nitrogens with two attached hydrogens (primary N) is 1. The molecule has 24 heavy (non-hydrogen) atoms. The van der Waals surface area contributed by atoms with Gasteiger partial charge in [-0.3, -0.25) is 4.79 Å². The second kappa shape index (κ2) is 6.41. The molecule has 3 N–H and O–H groups in total. The SMILES string of the molecule is NC1CCN(C(=O)C(O)(c2ccccc2)[C@@H]2CCC(F)(F)C2)CC1. The van der Waals surface area contributed by atoms with Crippen LogP contribution in [0.2, 0.25) is 0 Å². The van der Waals surface area contributed by atoms with Crippen LogP contribution in [-0.2, 0) is 10.4 Å². The van der Waals surface area contributed by atoms with Crippen LogP contribution in [0.15, 0.2) is 30.3 Å². The molecule has 6 heteroatoms. The Hall–Kier alpha value is -1.53. The Bertz CT molecular complexity index is 588. The molecule has 1 saturated carbocycles. The number of aliphatic hydroxyl groups is 1. The quantitative estimate of drug-likeness (QED) is 0.888. The van der Waals surface area contributed by atoms with Gasteiger partial charge in [0.2, 0.25) is 5.92 Å². The molecule has 1 saturated heterocycles. The Labute approximate surface area is 140 Å². The van der Waals surface area contributed by atoms with Gasteiger partial charge in [-0.05, 0) is 24.8 Å². The molecule has 0 aromatic heterocycles. The molecule has 4 nitrogen and oxygen atoms in total. The van der Waals surface area contributed by atoms with E-state index in [1.165, 1.54) is 0 Å². The number of piperidine rings is 1. The van der Waals surface area contributed by atoms with Gasteiger partial charge in [-0.15, -0.1) is 0 Å². The highest BCUT2D eigenvalue weighted by atomic mass is 19.3. The first-order chi connectivity index (χ1) is 11.3. The van der Waals surface area contributed by atoms with Crippen LogP contribution >= 0.6 is 0 Å². The number of hydrogen-bond donors (Lipinski definition) is 2. The molecule has 1 heterocycles. The summed E-state index contributed by atoms with van der Waals surface area (Å²) in [7, 11) is 0. The molecule has 2 atom stereocenters. The lowest BCUT2D eigenvalue weighted by Crippen LogP contribution is -2.54. The lowest BCUT2D eigenvalue weighted by atomic mass is 9.78. The molecular weight excluding hydrogens is 314 g/mol. The van der Waals surface area contributed by atoms with Gasteiger partial charge in [-0.2, -0.15) is 0 Å². The van der Waals surface area contributed by atoms with Crippen LogP contribution in [-0.4, -0.2) is 41.0 Å². The summed E-state index contributed by atoms with van der Waals surface area (Å²) < 4.78 is 27.5. The van der Waals surface area contributed by atoms with E-state index in [0.29, 0.717) is 31.5 Å². The number of hydrogen-bond acceptors (Lipinski definition) is 3. The number of likely N-dealkylation sites (tertiary alicyclic amines) is 1. The second-order valence-corrected chi connectivity index (χ2v) is 7.06. The molecule has 1 amide bonds. The minimum absolute atomic E-state index is 0.0506. The van der Waals surface area contributed by atoms with Gasteiger partial charge >= 0.3 is 0 Å². The van der Waals surface area contributed by atoms with Gasteiger partial charge in [-0.25, -0.2) is 8.78 Å². The van der Waals surface area contributed by atoms with Crippen LogP contribution in [0.4, 0.5) is 8.78 Å². The summed E-state index contributed by atoms with van der Waals surface area (Å²) in [4.78, 5) is 14.7. The molecule has 1 aromatic carbocycles. The number of amides is 1. The van der Waals surface area contributed by atoms with E-state index in [9.17, 15) is 18.7 Å². The van der Waals surface area contributed by atoms with E-state index in [4.69, 9.17) is 5.73 Å². The summed E-state index contributed by atoms with van der Waals surface area (Å²) in [6, 6.07) is 8.54. The number of carbonyl (C=O) groups is 1. The fourth-order valence-electron chi connectivity index (χ4n) is 3.88. The van der Waals surface area contributed by atoms with Crippen LogP contribution in [0.1, 0.15) is 37.7 Å². The van der Waals surface area contributed by atoms with Crippen molar-refractivity contribution < 1.29 is 18.7 Å². The topological polar surface area (TPSA) is 66.6 Å². The highest BCUT2D eigenvalue weighted by molar-refractivity contribution is 5.87. The van der Waals surface area contributed by atoms with Gasteiger partial charge in [0.25, 0.3) is 5.91 Å². The van der Waals surface area contributed by atoms with Crippen LogP contribution in [0.3, 0.4) is 0 Å². The molecule has 0 spiro atoms. The molecule has 132 valence electrons. The van der Waals surface area contributed by atoms with Crippen molar-refractivity contribution in [3.8, 4) is 0 Å². The molecule has 0 bridgehead atoms. The maximum atomic E-state index is 13.7. The van der Waals surface area contributed by atoms with Crippen molar-refractivity contribution in [2.45, 2.75) is 49.7 Å². The monoisotopic (exact) mass is 338 g/mol. The number of carbonyl (C=O) groups excluding carboxylic acids is 1. The van der Waals surface area contributed by atoms with E-state index in [-0.39, 0.29) is 18.9 Å². The van der Waals surface area contributed by atoms with Gasteiger partial charge in [-0.1, -0.05) is 30.3 Å². The zero-order chi connectivity index (χ0) is 17.4. The third-order valence-electron chi connectivity index (χ3n) is 5.36. The smallest absolute Gasteiger partial charge is 0.259 e. The van der Waals surface area contributed by atoms with Crippen molar-refractivity contribution in [3.05, 3.63) is 35.9 Å². The highest BCUT2D eigenvalue weighted by Gasteiger charge is 2.54. The van der Waals surface area contributed by atoms with Crippen LogP contribution < -0.4 is 5.73 Å². The molecule has 0 radical (unpaired) electrons. The van der Waals surface area contributed by atoms with Gasteiger partial charge in [0.15, 0.2) is 5.60 Å². The summed E-state index contributed by atoms with van der Waals surface area (Å²) >= 11 is 0. The largest absolute Gasteiger partial charge is 0.375 e. The molecule has 1 unspecified atom stereocenters. The molecular formula is C18H24F2N2O2. The Balaban J connectivity index is 1.92. The van der Waals surface area contributed by atoms with E-state index < -0.39 is 29.8 Å². The maximum Gasteiger partial charge on any atom is 0.259 e. The molecule has 2 aliphatic rings. The number of rotatable bonds is 3. The van der Waals surface area contributed by atoms with Crippen molar-refractivity contribution in [3.63, 3.8) is 0 Å². The van der Waals surface area contributed by atoms with Crippen LogP contribution in [0.5, 0.6) is 0 Å². The summed E-state index contributed by atoms with van der Waals surface area (Å²) in [5.41, 5.74) is 4.37. The average Bonchev–Trinajstić information content (AvgIpc) is 2.95. The van der Waals surface area contributed by atoms with Crippen LogP contribution in [0, 0.1) is 5.92 Å². The molecule has 1 aliphatic carbocycles. The zero-order valence-corrected chi connectivity index (χ0v) is 13.6. The average molecular weight is 338 g/mol. The van der Waals surface area contributed by atoms with E-state index in [1.807, 2.05) is 0 Å². The van der Waals surface area contributed by atoms with Crippen LogP contribution in [0.25, 0.3) is 0 Å². The second-order valence-electron chi connectivity index (χ2n) is 7.06. The van der Waals surface area contributed by atoms with Crippen molar-refractivity contribution in [1.29, 1.82) is 0 Å². The van der Waals surface area contributed by atoms with Gasteiger partial charge in [0, 0.05) is 37.9 Å². The number of alkyl halides is 2. The number of nitrogens with zero attached hydrogens (tertiary/aromatic N) is 1.